The Morgan fingerprint density at radius 2 is 1.94 bits per heavy atom. The number of nitrogens with one attached hydrogen (secondary N) is 1. The summed E-state index contributed by atoms with van der Waals surface area (Å²) >= 11 is 0. The van der Waals surface area contributed by atoms with Gasteiger partial charge in [-0.25, -0.2) is 8.78 Å². The van der Waals surface area contributed by atoms with Gasteiger partial charge in [0, 0.05) is 6.07 Å². The van der Waals surface area contributed by atoms with Gasteiger partial charge in [0.05, 0.1) is 0 Å². The van der Waals surface area contributed by atoms with Crippen LogP contribution in [-0.4, -0.2) is 11.1 Å². The molecule has 0 unspecified atom stereocenters. The van der Waals surface area contributed by atoms with Crippen LogP contribution in [0.25, 0.3) is 0 Å². The van der Waals surface area contributed by atoms with Crippen molar-refractivity contribution in [2.75, 3.05) is 5.32 Å². The molecule has 0 saturated carbocycles. The van der Waals surface area contributed by atoms with E-state index < -0.39 is 23.1 Å². The van der Waals surface area contributed by atoms with Crippen LogP contribution in [0.5, 0.6) is 0 Å². The van der Waals surface area contributed by atoms with Gasteiger partial charge in [0.2, 0.25) is 0 Å². The van der Waals surface area contributed by atoms with Gasteiger partial charge in [-0.05, 0) is 12.1 Å². The molecule has 1 aromatic heterocycles. The number of aromatic nitrogens is 1. The summed E-state index contributed by atoms with van der Waals surface area (Å²) in [5.74, 6) is -2.68. The van der Waals surface area contributed by atoms with Crippen molar-refractivity contribution in [2.24, 2.45) is 0 Å². The monoisotopic (exact) mass is 224 g/mol. The molecule has 0 atom stereocenters. The second-order valence-electron chi connectivity index (χ2n) is 2.94. The number of rotatable bonds is 2. The Labute approximate surface area is 88.9 Å². The standard InChI is InChI=1S/C10H6F2N2O2/c11-6-2-1-3-7(12)9(6)10(15)13-8-4-5-16-14-8/h1-5H,(H,13,14,15). The van der Waals surface area contributed by atoms with Crippen molar-refractivity contribution in [3.05, 3.63) is 47.7 Å². The Hall–Kier alpha value is -2.24. The van der Waals surface area contributed by atoms with Gasteiger partial charge >= 0.3 is 0 Å². The van der Waals surface area contributed by atoms with Crippen molar-refractivity contribution in [3.63, 3.8) is 0 Å². The zero-order chi connectivity index (χ0) is 11.5. The molecule has 0 fully saturated rings. The molecule has 16 heavy (non-hydrogen) atoms. The number of nitrogens with zero attached hydrogens (tertiary/aromatic N) is 1. The topological polar surface area (TPSA) is 55.1 Å². The minimum atomic E-state index is -0.930. The summed E-state index contributed by atoms with van der Waals surface area (Å²) in [5.41, 5.74) is -0.648. The summed E-state index contributed by atoms with van der Waals surface area (Å²) in [6.07, 6.45) is 1.23. The summed E-state index contributed by atoms with van der Waals surface area (Å²) in [6.45, 7) is 0. The highest BCUT2D eigenvalue weighted by atomic mass is 19.1. The number of amides is 1. The van der Waals surface area contributed by atoms with Crippen molar-refractivity contribution < 1.29 is 18.1 Å². The van der Waals surface area contributed by atoms with E-state index in [9.17, 15) is 13.6 Å². The first-order chi connectivity index (χ1) is 7.68. The van der Waals surface area contributed by atoms with Gasteiger partial charge in [-0.3, -0.25) is 4.79 Å². The maximum absolute atomic E-state index is 13.2. The van der Waals surface area contributed by atoms with Crippen molar-refractivity contribution >= 4 is 11.7 Å². The first-order valence-electron chi connectivity index (χ1n) is 4.34. The first kappa shape index (κ1) is 10.3. The minimum absolute atomic E-state index is 0.0904. The number of carbonyl (C=O) groups excluding carboxylic acids is 1. The molecule has 1 aromatic carbocycles. The Bertz CT molecular complexity index is 491. The van der Waals surface area contributed by atoms with Crippen LogP contribution in [0, 0.1) is 11.6 Å². The van der Waals surface area contributed by atoms with E-state index in [0.29, 0.717) is 0 Å². The molecule has 0 aliphatic heterocycles. The predicted octanol–water partition coefficient (Wildman–Crippen LogP) is 2.21. The molecule has 0 bridgehead atoms. The van der Waals surface area contributed by atoms with Gasteiger partial charge in [-0.2, -0.15) is 0 Å². The maximum Gasteiger partial charge on any atom is 0.262 e. The van der Waals surface area contributed by atoms with Crippen LogP contribution in [-0.2, 0) is 0 Å². The smallest absolute Gasteiger partial charge is 0.262 e. The fourth-order valence-corrected chi connectivity index (χ4v) is 1.17. The van der Waals surface area contributed by atoms with E-state index >= 15 is 0 Å². The molecule has 1 heterocycles. The van der Waals surface area contributed by atoms with E-state index in [2.05, 4.69) is 15.0 Å². The van der Waals surface area contributed by atoms with Gasteiger partial charge in [-0.1, -0.05) is 11.2 Å². The van der Waals surface area contributed by atoms with E-state index in [-0.39, 0.29) is 5.82 Å². The Balaban J connectivity index is 2.28. The van der Waals surface area contributed by atoms with Crippen molar-refractivity contribution in [1.29, 1.82) is 0 Å². The molecule has 0 spiro atoms. The predicted molar refractivity (Wildman–Crippen MR) is 50.8 cm³/mol. The molecule has 0 aliphatic rings. The van der Waals surface area contributed by atoms with Crippen LogP contribution >= 0.6 is 0 Å². The molecule has 4 nitrogen and oxygen atoms in total. The highest BCUT2D eigenvalue weighted by Gasteiger charge is 2.17. The number of hydrogen-bond donors (Lipinski definition) is 1. The lowest BCUT2D eigenvalue weighted by atomic mass is 10.2. The van der Waals surface area contributed by atoms with E-state index in [1.807, 2.05) is 0 Å². The van der Waals surface area contributed by atoms with Crippen LogP contribution < -0.4 is 5.32 Å². The van der Waals surface area contributed by atoms with Crippen LogP contribution in [0.15, 0.2) is 35.1 Å². The number of hydrogen-bond acceptors (Lipinski definition) is 3. The summed E-state index contributed by atoms with van der Waals surface area (Å²) in [7, 11) is 0. The third-order valence-electron chi connectivity index (χ3n) is 1.87. The quantitative estimate of drug-likeness (QED) is 0.850. The molecule has 2 aromatic rings. The second kappa shape index (κ2) is 4.09. The first-order valence-corrected chi connectivity index (χ1v) is 4.34. The lowest BCUT2D eigenvalue weighted by Gasteiger charge is -2.03. The van der Waals surface area contributed by atoms with E-state index in [4.69, 9.17) is 0 Å². The average Bonchev–Trinajstić information content (AvgIpc) is 2.70. The molecule has 1 N–H and O–H groups in total. The van der Waals surface area contributed by atoms with Gasteiger partial charge in [-0.15, -0.1) is 0 Å². The molecule has 0 aliphatic carbocycles. The van der Waals surface area contributed by atoms with Gasteiger partial charge in [0.15, 0.2) is 5.82 Å². The zero-order valence-corrected chi connectivity index (χ0v) is 7.91. The van der Waals surface area contributed by atoms with Crippen molar-refractivity contribution in [2.45, 2.75) is 0 Å². The van der Waals surface area contributed by atoms with Crippen LogP contribution in [0.4, 0.5) is 14.6 Å². The molecule has 0 saturated heterocycles. The Kier molecular flexibility index (Phi) is 2.63. The summed E-state index contributed by atoms with van der Waals surface area (Å²) in [6, 6.07) is 4.54. The lowest BCUT2D eigenvalue weighted by Crippen LogP contribution is -2.15. The molecular weight excluding hydrogens is 218 g/mol. The number of benzene rings is 1. The second-order valence-corrected chi connectivity index (χ2v) is 2.94. The van der Waals surface area contributed by atoms with Crippen LogP contribution in [0.3, 0.4) is 0 Å². The SMILES string of the molecule is O=C(Nc1ccon1)c1c(F)cccc1F. The fourth-order valence-electron chi connectivity index (χ4n) is 1.17. The maximum atomic E-state index is 13.2. The average molecular weight is 224 g/mol. The highest BCUT2D eigenvalue weighted by Crippen LogP contribution is 2.14. The molecule has 1 amide bonds. The van der Waals surface area contributed by atoms with E-state index in [1.165, 1.54) is 18.4 Å². The Morgan fingerprint density at radius 1 is 1.25 bits per heavy atom. The van der Waals surface area contributed by atoms with Crippen molar-refractivity contribution in [3.8, 4) is 0 Å². The van der Waals surface area contributed by atoms with Gasteiger partial charge in [0.25, 0.3) is 5.91 Å². The van der Waals surface area contributed by atoms with Crippen molar-refractivity contribution in [1.82, 2.24) is 5.16 Å². The summed E-state index contributed by atoms with van der Waals surface area (Å²) in [5, 5.41) is 5.59. The van der Waals surface area contributed by atoms with Crippen LogP contribution in [0.2, 0.25) is 0 Å². The third-order valence-corrected chi connectivity index (χ3v) is 1.87. The fraction of sp³-hybridized carbons (Fsp3) is 0. The highest BCUT2D eigenvalue weighted by molar-refractivity contribution is 6.04. The lowest BCUT2D eigenvalue weighted by molar-refractivity contribution is 0.101. The Morgan fingerprint density at radius 3 is 2.50 bits per heavy atom. The van der Waals surface area contributed by atoms with E-state index in [0.717, 1.165) is 12.1 Å². The van der Waals surface area contributed by atoms with Gasteiger partial charge < -0.3 is 9.84 Å². The molecule has 0 radical (unpaired) electrons. The third kappa shape index (κ3) is 1.90. The summed E-state index contributed by atoms with van der Waals surface area (Å²) in [4.78, 5) is 11.5. The molecular formula is C10H6F2N2O2. The number of anilines is 1. The minimum Gasteiger partial charge on any atom is -0.363 e. The summed E-state index contributed by atoms with van der Waals surface area (Å²) < 4.78 is 30.8. The van der Waals surface area contributed by atoms with Gasteiger partial charge in [0.1, 0.15) is 23.5 Å². The number of halogens is 2. The number of carbonyl (C=O) groups is 1. The largest absolute Gasteiger partial charge is 0.363 e. The molecule has 6 heteroatoms. The normalized spacial score (nSPS) is 10.1. The zero-order valence-electron chi connectivity index (χ0n) is 7.91. The van der Waals surface area contributed by atoms with E-state index in [1.54, 1.807) is 0 Å². The molecule has 82 valence electrons. The van der Waals surface area contributed by atoms with Crippen LogP contribution in [0.1, 0.15) is 10.4 Å². The molecule has 2 rings (SSSR count).